The first kappa shape index (κ1) is 9.05. The molecular formula is C10H21N. The molecule has 0 aromatic rings. The van der Waals surface area contributed by atoms with Crippen molar-refractivity contribution in [2.75, 3.05) is 19.6 Å². The molecule has 1 heteroatoms. The summed E-state index contributed by atoms with van der Waals surface area (Å²) in [7, 11) is 0. The van der Waals surface area contributed by atoms with Gasteiger partial charge in [-0.2, -0.15) is 0 Å². The standard InChI is InChI=1S/C10H21N/c1-4-6-11-7-5-9(2)10(3)8-11/h9-10H,4-8H2,1-3H3/t9-,10?/m0/s1. The largest absolute Gasteiger partial charge is 0.303 e. The molecular weight excluding hydrogens is 134 g/mol. The quantitative estimate of drug-likeness (QED) is 0.592. The van der Waals surface area contributed by atoms with Crippen molar-refractivity contribution >= 4 is 0 Å². The van der Waals surface area contributed by atoms with E-state index >= 15 is 0 Å². The van der Waals surface area contributed by atoms with Crippen molar-refractivity contribution in [3.8, 4) is 0 Å². The topological polar surface area (TPSA) is 3.24 Å². The maximum Gasteiger partial charge on any atom is 0.000957 e. The predicted octanol–water partition coefficient (Wildman–Crippen LogP) is 2.37. The summed E-state index contributed by atoms with van der Waals surface area (Å²) in [6, 6.07) is 0. The lowest BCUT2D eigenvalue weighted by Gasteiger charge is -2.34. The summed E-state index contributed by atoms with van der Waals surface area (Å²) in [6.07, 6.45) is 2.71. The number of likely N-dealkylation sites (tertiary alicyclic amines) is 1. The molecule has 0 spiro atoms. The highest BCUT2D eigenvalue weighted by Gasteiger charge is 2.21. The molecule has 2 atom stereocenters. The van der Waals surface area contributed by atoms with E-state index in [9.17, 15) is 0 Å². The highest BCUT2D eigenvalue weighted by atomic mass is 15.1. The van der Waals surface area contributed by atoms with E-state index < -0.39 is 0 Å². The number of nitrogens with zero attached hydrogens (tertiary/aromatic N) is 1. The maximum atomic E-state index is 2.60. The molecule has 11 heavy (non-hydrogen) atoms. The monoisotopic (exact) mass is 155 g/mol. The number of piperidine rings is 1. The Labute approximate surface area is 70.8 Å². The molecule has 0 aliphatic carbocycles. The third kappa shape index (κ3) is 2.48. The minimum atomic E-state index is 0.912. The van der Waals surface area contributed by atoms with Crippen LogP contribution >= 0.6 is 0 Å². The van der Waals surface area contributed by atoms with Gasteiger partial charge in [-0.05, 0) is 37.8 Å². The van der Waals surface area contributed by atoms with Gasteiger partial charge in [0.15, 0.2) is 0 Å². The fourth-order valence-electron chi connectivity index (χ4n) is 1.87. The SMILES string of the molecule is CCCN1CC[C@H](C)C(C)C1. The minimum absolute atomic E-state index is 0.912. The Hall–Kier alpha value is -0.0400. The van der Waals surface area contributed by atoms with Crippen LogP contribution in [0, 0.1) is 11.8 Å². The third-order valence-corrected chi connectivity index (χ3v) is 2.96. The molecule has 66 valence electrons. The van der Waals surface area contributed by atoms with Gasteiger partial charge in [0.25, 0.3) is 0 Å². The summed E-state index contributed by atoms with van der Waals surface area (Å²) in [6.45, 7) is 11.0. The molecule has 1 saturated heterocycles. The lowest BCUT2D eigenvalue weighted by molar-refractivity contribution is 0.139. The number of hydrogen-bond acceptors (Lipinski definition) is 1. The smallest absolute Gasteiger partial charge is 0.000957 e. The first-order valence-corrected chi connectivity index (χ1v) is 4.96. The Morgan fingerprint density at radius 2 is 2.00 bits per heavy atom. The van der Waals surface area contributed by atoms with Crippen LogP contribution in [0.4, 0.5) is 0 Å². The Morgan fingerprint density at radius 3 is 2.55 bits per heavy atom. The van der Waals surface area contributed by atoms with Crippen LogP contribution in [0.5, 0.6) is 0 Å². The van der Waals surface area contributed by atoms with Crippen LogP contribution in [-0.4, -0.2) is 24.5 Å². The van der Waals surface area contributed by atoms with Crippen LogP contribution in [0.3, 0.4) is 0 Å². The lowest BCUT2D eigenvalue weighted by Crippen LogP contribution is -2.38. The zero-order valence-corrected chi connectivity index (χ0v) is 8.14. The second kappa shape index (κ2) is 4.10. The van der Waals surface area contributed by atoms with Gasteiger partial charge in [-0.25, -0.2) is 0 Å². The Balaban J connectivity index is 2.28. The molecule has 1 unspecified atom stereocenters. The van der Waals surface area contributed by atoms with Crippen molar-refractivity contribution < 1.29 is 0 Å². The zero-order valence-electron chi connectivity index (χ0n) is 8.14. The summed E-state index contributed by atoms with van der Waals surface area (Å²) in [5.74, 6) is 1.86. The molecule has 0 aromatic heterocycles. The van der Waals surface area contributed by atoms with Gasteiger partial charge in [0, 0.05) is 6.54 Å². The molecule has 1 nitrogen and oxygen atoms in total. The van der Waals surface area contributed by atoms with E-state index in [0.717, 1.165) is 11.8 Å². The molecule has 1 rings (SSSR count). The van der Waals surface area contributed by atoms with E-state index in [0.29, 0.717) is 0 Å². The molecule has 1 fully saturated rings. The van der Waals surface area contributed by atoms with Crippen LogP contribution in [0.1, 0.15) is 33.6 Å². The van der Waals surface area contributed by atoms with E-state index in [1.54, 1.807) is 0 Å². The third-order valence-electron chi connectivity index (χ3n) is 2.96. The van der Waals surface area contributed by atoms with E-state index in [2.05, 4.69) is 25.7 Å². The van der Waals surface area contributed by atoms with Crippen molar-refractivity contribution in [3.05, 3.63) is 0 Å². The van der Waals surface area contributed by atoms with Gasteiger partial charge in [-0.3, -0.25) is 0 Å². The molecule has 1 aliphatic rings. The fraction of sp³-hybridized carbons (Fsp3) is 1.00. The summed E-state index contributed by atoms with van der Waals surface area (Å²) in [5, 5.41) is 0. The van der Waals surface area contributed by atoms with Crippen LogP contribution in [0.15, 0.2) is 0 Å². The van der Waals surface area contributed by atoms with Crippen molar-refractivity contribution in [1.29, 1.82) is 0 Å². The average Bonchev–Trinajstić information content (AvgIpc) is 1.98. The molecule has 1 aliphatic heterocycles. The minimum Gasteiger partial charge on any atom is -0.303 e. The molecule has 0 bridgehead atoms. The Bertz CT molecular complexity index is 111. The average molecular weight is 155 g/mol. The van der Waals surface area contributed by atoms with Crippen molar-refractivity contribution in [1.82, 2.24) is 4.90 Å². The molecule has 0 radical (unpaired) electrons. The summed E-state index contributed by atoms with van der Waals surface area (Å²) >= 11 is 0. The summed E-state index contributed by atoms with van der Waals surface area (Å²) in [4.78, 5) is 2.60. The Kier molecular flexibility index (Phi) is 3.38. The molecule has 0 N–H and O–H groups in total. The van der Waals surface area contributed by atoms with Crippen LogP contribution in [0.2, 0.25) is 0 Å². The molecule has 0 aromatic carbocycles. The van der Waals surface area contributed by atoms with Gasteiger partial charge in [-0.1, -0.05) is 20.8 Å². The second-order valence-electron chi connectivity index (χ2n) is 4.04. The highest BCUT2D eigenvalue weighted by Crippen LogP contribution is 2.22. The van der Waals surface area contributed by atoms with Gasteiger partial charge in [0.05, 0.1) is 0 Å². The number of hydrogen-bond donors (Lipinski definition) is 0. The Morgan fingerprint density at radius 1 is 1.27 bits per heavy atom. The number of rotatable bonds is 2. The molecule has 0 saturated carbocycles. The van der Waals surface area contributed by atoms with E-state index in [1.165, 1.54) is 32.5 Å². The summed E-state index contributed by atoms with van der Waals surface area (Å²) < 4.78 is 0. The van der Waals surface area contributed by atoms with Gasteiger partial charge in [-0.15, -0.1) is 0 Å². The first-order chi connectivity index (χ1) is 5.24. The van der Waals surface area contributed by atoms with Gasteiger partial charge < -0.3 is 4.90 Å². The zero-order chi connectivity index (χ0) is 8.27. The van der Waals surface area contributed by atoms with E-state index in [-0.39, 0.29) is 0 Å². The van der Waals surface area contributed by atoms with Crippen molar-refractivity contribution in [2.45, 2.75) is 33.6 Å². The van der Waals surface area contributed by atoms with Crippen molar-refractivity contribution in [3.63, 3.8) is 0 Å². The predicted molar refractivity (Wildman–Crippen MR) is 49.7 cm³/mol. The van der Waals surface area contributed by atoms with Gasteiger partial charge in [0.1, 0.15) is 0 Å². The fourth-order valence-corrected chi connectivity index (χ4v) is 1.87. The van der Waals surface area contributed by atoms with E-state index in [1.807, 2.05) is 0 Å². The van der Waals surface area contributed by atoms with E-state index in [4.69, 9.17) is 0 Å². The van der Waals surface area contributed by atoms with Crippen LogP contribution in [0.25, 0.3) is 0 Å². The lowest BCUT2D eigenvalue weighted by atomic mass is 9.89. The maximum absolute atomic E-state index is 2.60. The van der Waals surface area contributed by atoms with Crippen LogP contribution < -0.4 is 0 Å². The summed E-state index contributed by atoms with van der Waals surface area (Å²) in [5.41, 5.74) is 0. The normalized spacial score (nSPS) is 34.1. The van der Waals surface area contributed by atoms with Crippen molar-refractivity contribution in [2.24, 2.45) is 11.8 Å². The van der Waals surface area contributed by atoms with Gasteiger partial charge >= 0.3 is 0 Å². The first-order valence-electron chi connectivity index (χ1n) is 4.96. The molecule has 1 heterocycles. The molecule has 0 amide bonds. The highest BCUT2D eigenvalue weighted by molar-refractivity contribution is 4.74. The van der Waals surface area contributed by atoms with Crippen LogP contribution in [-0.2, 0) is 0 Å². The second-order valence-corrected chi connectivity index (χ2v) is 4.04. The van der Waals surface area contributed by atoms with Gasteiger partial charge in [0.2, 0.25) is 0 Å².